The summed E-state index contributed by atoms with van der Waals surface area (Å²) in [6.07, 6.45) is 4.58. The smallest absolute Gasteiger partial charge is 0.332 e. The quantitative estimate of drug-likeness (QED) is 0.106. The van der Waals surface area contributed by atoms with Crippen LogP contribution in [0.2, 0.25) is 0 Å². The number of fused-ring (bicyclic) bond motifs is 12. The maximum absolute atomic E-state index is 13.2. The van der Waals surface area contributed by atoms with Crippen molar-refractivity contribution in [1.82, 2.24) is 16.0 Å². The average molecular weight is 503 g/mol. The normalized spacial score (nSPS) is 21.3. The van der Waals surface area contributed by atoms with Crippen LogP contribution in [0.25, 0.3) is 0 Å². The first-order valence-corrected chi connectivity index (χ1v) is 11.6. The number of hydrogen-bond acceptors (Lipinski definition) is 7. The van der Waals surface area contributed by atoms with Gasteiger partial charge in [-0.25, -0.2) is 4.79 Å². The van der Waals surface area contributed by atoms with Crippen LogP contribution in [0.15, 0.2) is 41.4 Å². The van der Waals surface area contributed by atoms with Crippen molar-refractivity contribution in [1.29, 1.82) is 0 Å². The van der Waals surface area contributed by atoms with E-state index >= 15 is 0 Å². The SMILES string of the molecule is COC(=O)[C@H]1/C=C/COc2ccc(cc2)C[C@@H](NC(C)=O)C(=O)N[C@H](CCCCN=C(N)N)C(=O)N1. The van der Waals surface area contributed by atoms with Crippen molar-refractivity contribution in [2.45, 2.75) is 50.7 Å². The lowest BCUT2D eigenvalue weighted by atomic mass is 10.0. The maximum atomic E-state index is 13.2. The second-order valence-electron chi connectivity index (χ2n) is 8.21. The molecule has 12 nitrogen and oxygen atoms in total. The summed E-state index contributed by atoms with van der Waals surface area (Å²) < 4.78 is 10.4. The van der Waals surface area contributed by atoms with Crippen LogP contribution in [0.5, 0.6) is 5.75 Å². The summed E-state index contributed by atoms with van der Waals surface area (Å²) >= 11 is 0. The van der Waals surface area contributed by atoms with E-state index in [1.54, 1.807) is 30.3 Å². The number of nitrogens with one attached hydrogen (secondary N) is 3. The van der Waals surface area contributed by atoms with Gasteiger partial charge in [0.05, 0.1) is 7.11 Å². The van der Waals surface area contributed by atoms with Crippen molar-refractivity contribution in [3.63, 3.8) is 0 Å². The molecule has 2 aliphatic heterocycles. The highest BCUT2D eigenvalue weighted by Crippen LogP contribution is 2.14. The van der Waals surface area contributed by atoms with Crippen LogP contribution in [-0.4, -0.2) is 68.0 Å². The molecule has 1 aromatic carbocycles. The molecule has 0 fully saturated rings. The minimum Gasteiger partial charge on any atom is -0.490 e. The molecule has 12 heteroatoms. The van der Waals surface area contributed by atoms with Crippen molar-refractivity contribution in [2.75, 3.05) is 20.3 Å². The lowest BCUT2D eigenvalue weighted by molar-refractivity contribution is -0.144. The first-order valence-electron chi connectivity index (χ1n) is 11.6. The Bertz CT molecular complexity index is 974. The zero-order valence-electron chi connectivity index (χ0n) is 20.5. The van der Waals surface area contributed by atoms with Gasteiger partial charge in [-0.1, -0.05) is 18.2 Å². The fourth-order valence-corrected chi connectivity index (χ4v) is 3.52. The highest BCUT2D eigenvalue weighted by atomic mass is 16.5. The van der Waals surface area contributed by atoms with Gasteiger partial charge < -0.3 is 36.9 Å². The minimum atomic E-state index is -1.09. The predicted octanol–water partition coefficient (Wildman–Crippen LogP) is -0.731. The standard InChI is InChI=1S/C24H34N6O6/c1-15(31)28-20-14-16-8-10-17(11-9-16)36-13-5-7-19(23(34)35-2)30-21(32)18(29-22(20)33)6-3-4-12-27-24(25)26/h5,7-11,18-20H,3-4,6,12-14H2,1-2H3,(H,28,31)(H,29,33)(H,30,32)(H4,25,26,27)/b7-5+/t18-,19-,20-/m1/s1. The number of nitrogens with two attached hydrogens (primary N) is 2. The lowest BCUT2D eigenvalue weighted by Crippen LogP contribution is -2.56. The second kappa shape index (κ2) is 14.3. The first kappa shape index (κ1) is 28.1. The van der Waals surface area contributed by atoms with Crippen LogP contribution in [0.1, 0.15) is 31.7 Å². The molecule has 1 aromatic rings. The highest BCUT2D eigenvalue weighted by molar-refractivity contribution is 5.93. The molecule has 2 bridgehead atoms. The average Bonchev–Trinajstić information content (AvgIpc) is 2.83. The predicted molar refractivity (Wildman–Crippen MR) is 133 cm³/mol. The molecule has 3 rings (SSSR count). The molecule has 0 saturated carbocycles. The van der Waals surface area contributed by atoms with Crippen LogP contribution in [0, 0.1) is 0 Å². The number of rotatable bonds is 7. The Balaban J connectivity index is 2.32. The molecule has 2 aliphatic rings. The molecule has 0 spiro atoms. The van der Waals surface area contributed by atoms with Gasteiger partial charge in [-0.05, 0) is 43.0 Å². The summed E-state index contributed by atoms with van der Waals surface area (Å²) in [6.45, 7) is 1.83. The molecule has 0 radical (unpaired) electrons. The van der Waals surface area contributed by atoms with Gasteiger partial charge in [0.2, 0.25) is 17.7 Å². The van der Waals surface area contributed by atoms with E-state index in [-0.39, 0.29) is 25.4 Å². The number of guanidine groups is 1. The molecule has 196 valence electrons. The van der Waals surface area contributed by atoms with Gasteiger partial charge in [-0.2, -0.15) is 0 Å². The zero-order chi connectivity index (χ0) is 26.5. The van der Waals surface area contributed by atoms with E-state index in [1.807, 2.05) is 0 Å². The Morgan fingerprint density at radius 2 is 1.86 bits per heavy atom. The van der Waals surface area contributed by atoms with Crippen molar-refractivity contribution in [3.05, 3.63) is 42.0 Å². The molecule has 7 N–H and O–H groups in total. The third-order valence-electron chi connectivity index (χ3n) is 5.31. The number of methoxy groups -OCH3 is 1. The van der Waals surface area contributed by atoms with Crippen molar-refractivity contribution in [3.8, 4) is 5.75 Å². The summed E-state index contributed by atoms with van der Waals surface area (Å²) in [5.74, 6) is -1.64. The van der Waals surface area contributed by atoms with Gasteiger partial charge >= 0.3 is 5.97 Å². The number of benzene rings is 1. The van der Waals surface area contributed by atoms with E-state index in [0.717, 1.165) is 5.56 Å². The Labute approximate surface area is 209 Å². The summed E-state index contributed by atoms with van der Waals surface area (Å²) in [4.78, 5) is 54.2. The Hall–Kier alpha value is -4.09. The Morgan fingerprint density at radius 1 is 1.14 bits per heavy atom. The van der Waals surface area contributed by atoms with Gasteiger partial charge in [0.25, 0.3) is 0 Å². The number of aliphatic imine (C=N–C) groups is 1. The zero-order valence-corrected chi connectivity index (χ0v) is 20.5. The fourth-order valence-electron chi connectivity index (χ4n) is 3.52. The number of hydrogen-bond donors (Lipinski definition) is 5. The number of nitrogens with zero attached hydrogens (tertiary/aromatic N) is 1. The third-order valence-corrected chi connectivity index (χ3v) is 5.31. The van der Waals surface area contributed by atoms with Crippen LogP contribution >= 0.6 is 0 Å². The summed E-state index contributed by atoms with van der Waals surface area (Å²) in [5, 5.41) is 7.96. The minimum absolute atomic E-state index is 0.0337. The first-order chi connectivity index (χ1) is 17.2. The van der Waals surface area contributed by atoms with Gasteiger partial charge in [0.1, 0.15) is 30.5 Å². The molecule has 0 aromatic heterocycles. The summed E-state index contributed by atoms with van der Waals surface area (Å²) in [6, 6.07) is 4.08. The van der Waals surface area contributed by atoms with E-state index in [4.69, 9.17) is 20.9 Å². The van der Waals surface area contributed by atoms with E-state index in [1.165, 1.54) is 20.1 Å². The molecule has 3 atom stereocenters. The van der Waals surface area contributed by atoms with E-state index < -0.39 is 41.8 Å². The number of carbonyl (C=O) groups excluding carboxylic acids is 4. The number of esters is 1. The number of unbranched alkanes of at least 4 members (excludes halogenated alkanes) is 1. The van der Waals surface area contributed by atoms with Gasteiger partial charge in [0, 0.05) is 19.9 Å². The fraction of sp³-hybridized carbons (Fsp3) is 0.458. The van der Waals surface area contributed by atoms with Gasteiger partial charge in [-0.15, -0.1) is 0 Å². The number of carbonyl (C=O) groups is 4. The van der Waals surface area contributed by atoms with E-state index in [2.05, 4.69) is 20.9 Å². The number of ether oxygens (including phenoxy) is 2. The molecular formula is C24H34N6O6. The Kier molecular flexibility index (Phi) is 11.2. The van der Waals surface area contributed by atoms with Crippen molar-refractivity contribution < 1.29 is 28.7 Å². The van der Waals surface area contributed by atoms with E-state index in [9.17, 15) is 19.2 Å². The largest absolute Gasteiger partial charge is 0.490 e. The maximum Gasteiger partial charge on any atom is 0.332 e. The molecule has 0 aliphatic carbocycles. The molecule has 2 heterocycles. The second-order valence-corrected chi connectivity index (χ2v) is 8.21. The molecular weight excluding hydrogens is 468 g/mol. The summed E-state index contributed by atoms with van der Waals surface area (Å²) in [5.41, 5.74) is 11.5. The van der Waals surface area contributed by atoms with Crippen molar-refractivity contribution in [2.24, 2.45) is 16.5 Å². The van der Waals surface area contributed by atoms with Crippen molar-refractivity contribution >= 4 is 29.7 Å². The van der Waals surface area contributed by atoms with Gasteiger partial charge in [0.15, 0.2) is 5.96 Å². The van der Waals surface area contributed by atoms with Gasteiger partial charge in [-0.3, -0.25) is 19.4 Å². The molecule has 36 heavy (non-hydrogen) atoms. The topological polar surface area (TPSA) is 187 Å². The van der Waals surface area contributed by atoms with Crippen LogP contribution in [0.3, 0.4) is 0 Å². The van der Waals surface area contributed by atoms with Crippen LogP contribution < -0.4 is 32.2 Å². The number of amides is 3. The Morgan fingerprint density at radius 3 is 2.50 bits per heavy atom. The molecule has 3 amide bonds. The van der Waals surface area contributed by atoms with Crippen LogP contribution in [-0.2, 0) is 30.3 Å². The molecule has 0 unspecified atom stereocenters. The van der Waals surface area contributed by atoms with E-state index in [0.29, 0.717) is 25.1 Å². The summed E-state index contributed by atoms with van der Waals surface area (Å²) in [7, 11) is 1.21. The highest BCUT2D eigenvalue weighted by Gasteiger charge is 2.29. The molecule has 0 saturated heterocycles. The monoisotopic (exact) mass is 502 g/mol. The lowest BCUT2D eigenvalue weighted by Gasteiger charge is -2.24. The van der Waals surface area contributed by atoms with Crippen LogP contribution in [0.4, 0.5) is 0 Å². The third kappa shape index (κ3) is 9.65.